The molecule has 0 saturated carbocycles. The van der Waals surface area contributed by atoms with E-state index in [1.807, 2.05) is 57.1 Å². The van der Waals surface area contributed by atoms with E-state index in [0.717, 1.165) is 11.3 Å². The molecule has 1 aromatic rings. The molecule has 0 aliphatic rings. The summed E-state index contributed by atoms with van der Waals surface area (Å²) >= 11 is 0. The number of anilines is 1. The summed E-state index contributed by atoms with van der Waals surface area (Å²) in [5.41, 5.74) is 1.54. The quantitative estimate of drug-likeness (QED) is 0.843. The van der Waals surface area contributed by atoms with Crippen LogP contribution in [0.2, 0.25) is 0 Å². The van der Waals surface area contributed by atoms with Crippen molar-refractivity contribution in [3.05, 3.63) is 29.8 Å². The van der Waals surface area contributed by atoms with E-state index in [1.54, 1.807) is 32.7 Å². The largest absolute Gasteiger partial charge is 0.444 e. The van der Waals surface area contributed by atoms with Crippen LogP contribution in [0, 0.1) is 5.92 Å². The number of benzene rings is 1. The Morgan fingerprint density at radius 3 is 2.04 bits per heavy atom. The number of hydrogen-bond acceptors (Lipinski definition) is 4. The van der Waals surface area contributed by atoms with Crippen molar-refractivity contribution in [1.29, 1.82) is 0 Å². The molecule has 0 aliphatic heterocycles. The molecule has 6 heteroatoms. The molecule has 146 valence electrons. The molecule has 0 spiro atoms. The zero-order valence-electron chi connectivity index (χ0n) is 17.3. The molecule has 2 amide bonds. The molecule has 0 saturated heterocycles. The lowest BCUT2D eigenvalue weighted by molar-refractivity contribution is -0.133. The molecule has 1 aromatic carbocycles. The third-order valence-electron chi connectivity index (χ3n) is 3.85. The molecule has 1 N–H and O–H groups in total. The molecule has 0 aromatic heterocycles. The molecule has 0 aliphatic carbocycles. The van der Waals surface area contributed by atoms with E-state index in [-0.39, 0.29) is 11.8 Å². The van der Waals surface area contributed by atoms with Gasteiger partial charge in [-0.3, -0.25) is 4.79 Å². The van der Waals surface area contributed by atoms with Gasteiger partial charge in [0.05, 0.1) is 0 Å². The lowest BCUT2D eigenvalue weighted by Crippen LogP contribution is -2.51. The Kier molecular flexibility index (Phi) is 7.48. The van der Waals surface area contributed by atoms with Crippen molar-refractivity contribution in [3.63, 3.8) is 0 Å². The number of ether oxygens (including phenoxy) is 1. The smallest absolute Gasteiger partial charge is 0.408 e. The minimum atomic E-state index is -0.629. The Morgan fingerprint density at radius 1 is 1.08 bits per heavy atom. The number of amides is 2. The van der Waals surface area contributed by atoms with E-state index in [1.165, 1.54) is 0 Å². The molecule has 6 nitrogen and oxygen atoms in total. The Balaban J connectivity index is 2.76. The van der Waals surface area contributed by atoms with Gasteiger partial charge in [0.1, 0.15) is 11.6 Å². The number of hydrogen-bond donors (Lipinski definition) is 1. The topological polar surface area (TPSA) is 61.9 Å². The molecule has 0 bridgehead atoms. The SMILES string of the molecule is CC(C)C(NC(=O)OC(C)(C)C)C(=O)N(C)Cc1ccc(N(C)C)cc1. The first-order chi connectivity index (χ1) is 11.9. The van der Waals surface area contributed by atoms with E-state index in [4.69, 9.17) is 4.74 Å². The van der Waals surface area contributed by atoms with E-state index in [9.17, 15) is 9.59 Å². The minimum Gasteiger partial charge on any atom is -0.444 e. The maximum atomic E-state index is 12.8. The Labute approximate surface area is 157 Å². The van der Waals surface area contributed by atoms with Crippen LogP contribution >= 0.6 is 0 Å². The van der Waals surface area contributed by atoms with E-state index >= 15 is 0 Å². The highest BCUT2D eigenvalue weighted by Crippen LogP contribution is 2.15. The van der Waals surface area contributed by atoms with E-state index < -0.39 is 17.7 Å². The highest BCUT2D eigenvalue weighted by molar-refractivity contribution is 5.85. The first kappa shape index (κ1) is 21.8. The summed E-state index contributed by atoms with van der Waals surface area (Å²) in [6.07, 6.45) is -0.576. The Morgan fingerprint density at radius 2 is 1.62 bits per heavy atom. The zero-order valence-corrected chi connectivity index (χ0v) is 17.3. The van der Waals surface area contributed by atoms with Crippen molar-refractivity contribution < 1.29 is 14.3 Å². The lowest BCUT2D eigenvalue weighted by atomic mass is 10.0. The second-order valence-electron chi connectivity index (χ2n) is 8.12. The van der Waals surface area contributed by atoms with Gasteiger partial charge in [-0.15, -0.1) is 0 Å². The van der Waals surface area contributed by atoms with Gasteiger partial charge in [-0.2, -0.15) is 0 Å². The highest BCUT2D eigenvalue weighted by atomic mass is 16.6. The van der Waals surface area contributed by atoms with Crippen LogP contribution < -0.4 is 10.2 Å². The van der Waals surface area contributed by atoms with Gasteiger partial charge in [-0.25, -0.2) is 4.79 Å². The van der Waals surface area contributed by atoms with Crippen LogP contribution in [0.3, 0.4) is 0 Å². The molecular weight excluding hydrogens is 330 g/mol. The fraction of sp³-hybridized carbons (Fsp3) is 0.600. The van der Waals surface area contributed by atoms with Crippen LogP contribution in [0.5, 0.6) is 0 Å². The summed E-state index contributed by atoms with van der Waals surface area (Å²) in [5, 5.41) is 2.70. The van der Waals surface area contributed by atoms with Gasteiger partial charge in [-0.05, 0) is 44.4 Å². The zero-order chi connectivity index (χ0) is 20.1. The van der Waals surface area contributed by atoms with Crippen LogP contribution in [-0.2, 0) is 16.1 Å². The third kappa shape index (κ3) is 6.94. The molecule has 1 unspecified atom stereocenters. The predicted molar refractivity (Wildman–Crippen MR) is 105 cm³/mol. The van der Waals surface area contributed by atoms with Crippen LogP contribution in [0.25, 0.3) is 0 Å². The first-order valence-corrected chi connectivity index (χ1v) is 8.91. The van der Waals surface area contributed by atoms with Crippen molar-refractivity contribution in [3.8, 4) is 0 Å². The molecule has 0 fully saturated rings. The molecular formula is C20H33N3O3. The van der Waals surface area contributed by atoms with Crippen molar-refractivity contribution in [2.75, 3.05) is 26.0 Å². The molecule has 1 atom stereocenters. The molecule has 0 radical (unpaired) electrons. The summed E-state index contributed by atoms with van der Waals surface area (Å²) in [5.74, 6) is -0.184. The van der Waals surface area contributed by atoms with Crippen LogP contribution in [0.4, 0.5) is 10.5 Å². The van der Waals surface area contributed by atoms with Gasteiger partial charge in [0, 0.05) is 33.4 Å². The lowest BCUT2D eigenvalue weighted by Gasteiger charge is -2.28. The second kappa shape index (κ2) is 8.92. The Hall–Kier alpha value is -2.24. The molecule has 0 heterocycles. The van der Waals surface area contributed by atoms with Gasteiger partial charge >= 0.3 is 6.09 Å². The predicted octanol–water partition coefficient (Wildman–Crippen LogP) is 3.26. The summed E-state index contributed by atoms with van der Waals surface area (Å²) < 4.78 is 5.28. The van der Waals surface area contributed by atoms with E-state index in [0.29, 0.717) is 6.54 Å². The van der Waals surface area contributed by atoms with Gasteiger partial charge in [0.15, 0.2) is 0 Å². The number of carbonyl (C=O) groups excluding carboxylic acids is 2. The fourth-order valence-corrected chi connectivity index (χ4v) is 2.44. The van der Waals surface area contributed by atoms with Crippen molar-refractivity contribution in [1.82, 2.24) is 10.2 Å². The van der Waals surface area contributed by atoms with Crippen LogP contribution in [-0.4, -0.2) is 49.7 Å². The molecule has 26 heavy (non-hydrogen) atoms. The van der Waals surface area contributed by atoms with Gasteiger partial charge in [-0.1, -0.05) is 26.0 Å². The number of carbonyl (C=O) groups is 2. The average Bonchev–Trinajstić information content (AvgIpc) is 2.50. The number of nitrogens with zero attached hydrogens (tertiary/aromatic N) is 2. The number of alkyl carbamates (subject to hydrolysis) is 1. The summed E-state index contributed by atoms with van der Waals surface area (Å²) in [4.78, 5) is 28.5. The summed E-state index contributed by atoms with van der Waals surface area (Å²) in [6.45, 7) is 9.66. The highest BCUT2D eigenvalue weighted by Gasteiger charge is 2.29. The van der Waals surface area contributed by atoms with E-state index in [2.05, 4.69) is 5.32 Å². The average molecular weight is 364 g/mol. The second-order valence-corrected chi connectivity index (χ2v) is 8.12. The Bertz CT molecular complexity index is 604. The van der Waals surface area contributed by atoms with Crippen molar-refractivity contribution in [2.24, 2.45) is 5.92 Å². The molecule has 1 rings (SSSR count). The maximum Gasteiger partial charge on any atom is 0.408 e. The third-order valence-corrected chi connectivity index (χ3v) is 3.85. The van der Waals surface area contributed by atoms with Crippen molar-refractivity contribution in [2.45, 2.75) is 52.8 Å². The van der Waals surface area contributed by atoms with Gasteiger partial charge in [0.25, 0.3) is 0 Å². The van der Waals surface area contributed by atoms with Crippen LogP contribution in [0.15, 0.2) is 24.3 Å². The van der Waals surface area contributed by atoms with Crippen molar-refractivity contribution >= 4 is 17.7 Å². The summed E-state index contributed by atoms with van der Waals surface area (Å²) in [6, 6.07) is 7.42. The maximum absolute atomic E-state index is 12.8. The first-order valence-electron chi connectivity index (χ1n) is 8.91. The van der Waals surface area contributed by atoms with Crippen LogP contribution in [0.1, 0.15) is 40.2 Å². The normalized spacial score (nSPS) is 12.5. The standard InChI is InChI=1S/C20H33N3O3/c1-14(2)17(21-19(25)26-20(3,4)5)18(24)23(8)13-15-9-11-16(12-10-15)22(6)7/h9-12,14,17H,13H2,1-8H3,(H,21,25). The van der Waals surface area contributed by atoms with Gasteiger partial charge < -0.3 is 19.9 Å². The fourth-order valence-electron chi connectivity index (χ4n) is 2.44. The number of rotatable bonds is 6. The summed E-state index contributed by atoms with van der Waals surface area (Å²) in [7, 11) is 5.72. The number of nitrogens with one attached hydrogen (secondary N) is 1. The minimum absolute atomic E-state index is 0.0476. The monoisotopic (exact) mass is 363 g/mol. The number of likely N-dealkylation sites (N-methyl/N-ethyl adjacent to an activating group) is 1. The van der Waals surface area contributed by atoms with Gasteiger partial charge in [0.2, 0.25) is 5.91 Å².